The van der Waals surface area contributed by atoms with Crippen LogP contribution in [0, 0.1) is 0 Å². The molecule has 2 rings (SSSR count). The van der Waals surface area contributed by atoms with Gasteiger partial charge in [-0.2, -0.15) is 0 Å². The highest BCUT2D eigenvalue weighted by Crippen LogP contribution is 2.21. The number of hydrogen-bond acceptors (Lipinski definition) is 4. The minimum atomic E-state index is -0.777. The van der Waals surface area contributed by atoms with Crippen molar-refractivity contribution < 1.29 is 14.6 Å². The molecule has 1 aliphatic heterocycles. The molecule has 17 heavy (non-hydrogen) atoms. The molecule has 0 aromatic rings. The van der Waals surface area contributed by atoms with E-state index < -0.39 is 5.54 Å². The van der Waals surface area contributed by atoms with Crippen molar-refractivity contribution >= 4 is 5.91 Å². The molecule has 5 heteroatoms. The van der Waals surface area contributed by atoms with Crippen LogP contribution in [-0.4, -0.2) is 41.9 Å². The van der Waals surface area contributed by atoms with Crippen molar-refractivity contribution in [2.45, 2.75) is 56.2 Å². The third-order valence-electron chi connectivity index (χ3n) is 3.82. The number of rotatable bonds is 2. The van der Waals surface area contributed by atoms with E-state index in [0.717, 1.165) is 19.3 Å². The fourth-order valence-electron chi connectivity index (χ4n) is 2.59. The molecule has 1 saturated carbocycles. The van der Waals surface area contributed by atoms with E-state index in [0.29, 0.717) is 32.5 Å². The highest BCUT2D eigenvalue weighted by molar-refractivity contribution is 5.86. The number of nitrogens with two attached hydrogens (primary N) is 1. The Kier molecular flexibility index (Phi) is 4.01. The van der Waals surface area contributed by atoms with E-state index >= 15 is 0 Å². The number of nitrogens with one attached hydrogen (secondary N) is 1. The van der Waals surface area contributed by atoms with Crippen molar-refractivity contribution in [3.8, 4) is 0 Å². The zero-order valence-corrected chi connectivity index (χ0v) is 10.2. The van der Waals surface area contributed by atoms with E-state index in [2.05, 4.69) is 5.32 Å². The zero-order chi connectivity index (χ0) is 12.3. The average Bonchev–Trinajstić information content (AvgIpc) is 2.30. The second-order valence-corrected chi connectivity index (χ2v) is 5.26. The number of ether oxygens (including phenoxy) is 1. The van der Waals surface area contributed by atoms with E-state index in [9.17, 15) is 9.90 Å². The number of aliphatic hydroxyl groups is 1. The van der Waals surface area contributed by atoms with Gasteiger partial charge in [0.05, 0.1) is 11.6 Å². The summed E-state index contributed by atoms with van der Waals surface area (Å²) in [7, 11) is 0. The van der Waals surface area contributed by atoms with E-state index in [-0.39, 0.29) is 18.1 Å². The Morgan fingerprint density at radius 2 is 2.06 bits per heavy atom. The molecule has 0 spiro atoms. The second-order valence-electron chi connectivity index (χ2n) is 5.26. The van der Waals surface area contributed by atoms with Gasteiger partial charge in [-0.1, -0.05) is 0 Å². The summed E-state index contributed by atoms with van der Waals surface area (Å²) >= 11 is 0. The lowest BCUT2D eigenvalue weighted by Crippen LogP contribution is -2.59. The Balaban J connectivity index is 1.87. The van der Waals surface area contributed by atoms with Crippen LogP contribution in [0.5, 0.6) is 0 Å². The van der Waals surface area contributed by atoms with Gasteiger partial charge in [0.25, 0.3) is 0 Å². The predicted molar refractivity (Wildman–Crippen MR) is 63.4 cm³/mol. The molecule has 2 fully saturated rings. The first-order valence-electron chi connectivity index (χ1n) is 6.46. The van der Waals surface area contributed by atoms with Crippen LogP contribution in [0.1, 0.15) is 38.5 Å². The molecule has 5 nitrogen and oxygen atoms in total. The molecule has 2 unspecified atom stereocenters. The Hall–Kier alpha value is -0.650. The lowest BCUT2D eigenvalue weighted by molar-refractivity contribution is -0.130. The molecule has 1 aliphatic carbocycles. The molecule has 1 heterocycles. The standard InChI is InChI=1S/C12H22N2O3/c13-12(4-6-17-7-5-12)11(16)14-9-2-1-3-10(15)8-9/h9-10,15H,1-8,13H2,(H,14,16). The molecule has 98 valence electrons. The van der Waals surface area contributed by atoms with Crippen LogP contribution >= 0.6 is 0 Å². The Labute approximate surface area is 102 Å². The molecule has 2 aliphatic rings. The van der Waals surface area contributed by atoms with Gasteiger partial charge >= 0.3 is 0 Å². The monoisotopic (exact) mass is 242 g/mol. The summed E-state index contributed by atoms with van der Waals surface area (Å²) in [6, 6.07) is 0.0783. The Morgan fingerprint density at radius 3 is 2.71 bits per heavy atom. The minimum Gasteiger partial charge on any atom is -0.393 e. The molecule has 1 amide bonds. The zero-order valence-electron chi connectivity index (χ0n) is 10.2. The molecular weight excluding hydrogens is 220 g/mol. The molecule has 0 aromatic heterocycles. The van der Waals surface area contributed by atoms with Gasteiger partial charge in [-0.05, 0) is 38.5 Å². The summed E-state index contributed by atoms with van der Waals surface area (Å²) in [6.45, 7) is 1.11. The molecule has 4 N–H and O–H groups in total. The largest absolute Gasteiger partial charge is 0.393 e. The number of carbonyl (C=O) groups is 1. The smallest absolute Gasteiger partial charge is 0.240 e. The van der Waals surface area contributed by atoms with Crippen molar-refractivity contribution in [3.05, 3.63) is 0 Å². The minimum absolute atomic E-state index is 0.0783. The van der Waals surface area contributed by atoms with Crippen LogP contribution in [-0.2, 0) is 9.53 Å². The summed E-state index contributed by atoms with van der Waals surface area (Å²) in [5.74, 6) is -0.0834. The Morgan fingerprint density at radius 1 is 1.35 bits per heavy atom. The number of amides is 1. The summed E-state index contributed by atoms with van der Waals surface area (Å²) in [6.07, 6.45) is 4.27. The summed E-state index contributed by atoms with van der Waals surface area (Å²) in [5.41, 5.74) is 5.32. The first-order chi connectivity index (χ1) is 8.10. The van der Waals surface area contributed by atoms with Crippen molar-refractivity contribution in [2.24, 2.45) is 5.73 Å². The van der Waals surface area contributed by atoms with E-state index in [4.69, 9.17) is 10.5 Å². The van der Waals surface area contributed by atoms with Gasteiger partial charge in [0, 0.05) is 19.3 Å². The predicted octanol–water partition coefficient (Wildman–Crippen LogP) is -0.0860. The Bertz CT molecular complexity index is 277. The van der Waals surface area contributed by atoms with Crippen molar-refractivity contribution in [1.82, 2.24) is 5.32 Å². The number of carbonyl (C=O) groups excluding carboxylic acids is 1. The third-order valence-corrected chi connectivity index (χ3v) is 3.82. The topological polar surface area (TPSA) is 84.6 Å². The molecule has 0 radical (unpaired) electrons. The average molecular weight is 242 g/mol. The van der Waals surface area contributed by atoms with Crippen LogP contribution in [0.3, 0.4) is 0 Å². The van der Waals surface area contributed by atoms with Gasteiger partial charge in [-0.25, -0.2) is 0 Å². The molecule has 1 saturated heterocycles. The van der Waals surface area contributed by atoms with Crippen LogP contribution < -0.4 is 11.1 Å². The van der Waals surface area contributed by atoms with Crippen molar-refractivity contribution in [2.75, 3.05) is 13.2 Å². The van der Waals surface area contributed by atoms with E-state index in [1.807, 2.05) is 0 Å². The fraction of sp³-hybridized carbons (Fsp3) is 0.917. The SMILES string of the molecule is NC1(C(=O)NC2CCCC(O)C2)CCOCC1. The van der Waals surface area contributed by atoms with Gasteiger partial charge < -0.3 is 20.9 Å². The van der Waals surface area contributed by atoms with Crippen LogP contribution in [0.2, 0.25) is 0 Å². The van der Waals surface area contributed by atoms with Crippen molar-refractivity contribution in [3.63, 3.8) is 0 Å². The normalized spacial score (nSPS) is 33.1. The summed E-state index contributed by atoms with van der Waals surface area (Å²) in [4.78, 5) is 12.1. The second kappa shape index (κ2) is 5.33. The first kappa shape index (κ1) is 12.8. The number of aliphatic hydroxyl groups excluding tert-OH is 1. The van der Waals surface area contributed by atoms with E-state index in [1.54, 1.807) is 0 Å². The first-order valence-corrected chi connectivity index (χ1v) is 6.46. The van der Waals surface area contributed by atoms with Gasteiger partial charge in [-0.15, -0.1) is 0 Å². The van der Waals surface area contributed by atoms with Crippen LogP contribution in [0.25, 0.3) is 0 Å². The van der Waals surface area contributed by atoms with E-state index in [1.165, 1.54) is 0 Å². The molecular formula is C12H22N2O3. The third kappa shape index (κ3) is 3.18. The highest BCUT2D eigenvalue weighted by Gasteiger charge is 2.37. The molecule has 0 bridgehead atoms. The number of hydrogen-bond donors (Lipinski definition) is 3. The molecule has 2 atom stereocenters. The maximum atomic E-state index is 12.1. The van der Waals surface area contributed by atoms with Gasteiger partial charge in [0.2, 0.25) is 5.91 Å². The fourth-order valence-corrected chi connectivity index (χ4v) is 2.59. The van der Waals surface area contributed by atoms with Crippen LogP contribution in [0.4, 0.5) is 0 Å². The van der Waals surface area contributed by atoms with Gasteiger partial charge in [0.15, 0.2) is 0 Å². The van der Waals surface area contributed by atoms with Gasteiger partial charge in [0.1, 0.15) is 0 Å². The summed E-state index contributed by atoms with van der Waals surface area (Å²) in [5, 5.41) is 12.5. The maximum Gasteiger partial charge on any atom is 0.240 e. The maximum absolute atomic E-state index is 12.1. The van der Waals surface area contributed by atoms with Crippen molar-refractivity contribution in [1.29, 1.82) is 0 Å². The quantitative estimate of drug-likeness (QED) is 0.632. The van der Waals surface area contributed by atoms with Crippen LogP contribution in [0.15, 0.2) is 0 Å². The lowest BCUT2D eigenvalue weighted by atomic mass is 9.88. The van der Waals surface area contributed by atoms with Gasteiger partial charge in [-0.3, -0.25) is 4.79 Å². The molecule has 0 aromatic carbocycles. The highest BCUT2D eigenvalue weighted by atomic mass is 16.5. The summed E-state index contributed by atoms with van der Waals surface area (Å²) < 4.78 is 5.22. The lowest BCUT2D eigenvalue weighted by Gasteiger charge is -2.35.